The highest BCUT2D eigenvalue weighted by Crippen LogP contribution is 2.33. The van der Waals surface area contributed by atoms with E-state index in [-0.39, 0.29) is 11.7 Å². The Bertz CT molecular complexity index is 342. The molecular formula is C11H19NO2S. The predicted molar refractivity (Wildman–Crippen MR) is 60.0 cm³/mol. The molecule has 15 heavy (non-hydrogen) atoms. The van der Waals surface area contributed by atoms with Gasteiger partial charge in [-0.3, -0.25) is 0 Å². The van der Waals surface area contributed by atoms with E-state index in [2.05, 4.69) is 13.0 Å². The van der Waals surface area contributed by atoms with Gasteiger partial charge < -0.3 is 0 Å². The largest absolute Gasteiger partial charge is 0.229 e. The standard InChI is InChI=1S/C11H19NO2S/c1-3-6-15(13,14)11-7-9(2)4-5-10(11)8-12/h9-11H,3-7H2,1-2H3. The van der Waals surface area contributed by atoms with Crippen LogP contribution in [-0.2, 0) is 9.84 Å². The second kappa shape index (κ2) is 4.98. The molecular weight excluding hydrogens is 210 g/mol. The smallest absolute Gasteiger partial charge is 0.154 e. The number of sulfone groups is 1. The summed E-state index contributed by atoms with van der Waals surface area (Å²) in [7, 11) is -3.05. The summed E-state index contributed by atoms with van der Waals surface area (Å²) in [5.74, 6) is 0.381. The van der Waals surface area contributed by atoms with E-state index in [4.69, 9.17) is 5.26 Å². The van der Waals surface area contributed by atoms with Gasteiger partial charge in [-0.25, -0.2) is 8.42 Å². The second-order valence-electron chi connectivity index (χ2n) is 4.56. The molecule has 86 valence electrons. The molecule has 0 radical (unpaired) electrons. The number of rotatable bonds is 3. The summed E-state index contributed by atoms with van der Waals surface area (Å²) in [6, 6.07) is 2.16. The van der Waals surface area contributed by atoms with Crippen molar-refractivity contribution in [3.05, 3.63) is 0 Å². The molecule has 3 nitrogen and oxygen atoms in total. The van der Waals surface area contributed by atoms with E-state index in [9.17, 15) is 8.42 Å². The average molecular weight is 229 g/mol. The first-order valence-corrected chi connectivity index (χ1v) is 7.34. The SMILES string of the molecule is CCCS(=O)(=O)C1CC(C)CCC1C#N. The Hall–Kier alpha value is -0.560. The van der Waals surface area contributed by atoms with E-state index >= 15 is 0 Å². The summed E-state index contributed by atoms with van der Waals surface area (Å²) in [6.45, 7) is 3.94. The third-order valence-corrected chi connectivity index (χ3v) is 5.59. The third-order valence-electron chi connectivity index (χ3n) is 3.17. The monoisotopic (exact) mass is 229 g/mol. The molecule has 1 saturated carbocycles. The minimum absolute atomic E-state index is 0.225. The van der Waals surface area contributed by atoms with E-state index in [0.29, 0.717) is 18.8 Å². The summed E-state index contributed by atoms with van der Waals surface area (Å²) in [6.07, 6.45) is 3.04. The fraction of sp³-hybridized carbons (Fsp3) is 0.909. The second-order valence-corrected chi connectivity index (χ2v) is 6.90. The van der Waals surface area contributed by atoms with Gasteiger partial charge in [-0.15, -0.1) is 0 Å². The fourth-order valence-corrected chi connectivity index (χ4v) is 4.50. The molecule has 3 unspecified atom stereocenters. The average Bonchev–Trinajstić information content (AvgIpc) is 2.17. The summed E-state index contributed by atoms with van der Waals surface area (Å²) in [5, 5.41) is 8.55. The molecule has 0 saturated heterocycles. The van der Waals surface area contributed by atoms with Crippen LogP contribution in [0.2, 0.25) is 0 Å². The highest BCUT2D eigenvalue weighted by Gasteiger charge is 2.37. The zero-order valence-corrected chi connectivity index (χ0v) is 10.3. The molecule has 4 heteroatoms. The topological polar surface area (TPSA) is 57.9 Å². The van der Waals surface area contributed by atoms with Crippen molar-refractivity contribution in [1.82, 2.24) is 0 Å². The van der Waals surface area contributed by atoms with Crippen molar-refractivity contribution in [2.75, 3.05) is 5.75 Å². The van der Waals surface area contributed by atoms with Crippen LogP contribution < -0.4 is 0 Å². The quantitative estimate of drug-likeness (QED) is 0.745. The fourth-order valence-electron chi connectivity index (χ4n) is 2.31. The molecule has 0 bridgehead atoms. The Morgan fingerprint density at radius 3 is 2.60 bits per heavy atom. The molecule has 1 aliphatic carbocycles. The van der Waals surface area contributed by atoms with E-state index in [0.717, 1.165) is 12.8 Å². The Morgan fingerprint density at radius 2 is 2.07 bits per heavy atom. The van der Waals surface area contributed by atoms with E-state index < -0.39 is 15.1 Å². The van der Waals surface area contributed by atoms with Gasteiger partial charge >= 0.3 is 0 Å². The van der Waals surface area contributed by atoms with E-state index in [1.165, 1.54) is 0 Å². The van der Waals surface area contributed by atoms with Crippen molar-refractivity contribution in [1.29, 1.82) is 5.26 Å². The first kappa shape index (κ1) is 12.5. The maximum Gasteiger partial charge on any atom is 0.154 e. The van der Waals surface area contributed by atoms with Gasteiger partial charge in [0.25, 0.3) is 0 Å². The van der Waals surface area contributed by atoms with Gasteiger partial charge in [-0.05, 0) is 31.6 Å². The predicted octanol–water partition coefficient (Wildman–Crippen LogP) is 2.14. The van der Waals surface area contributed by atoms with Crippen LogP contribution in [0.25, 0.3) is 0 Å². The van der Waals surface area contributed by atoms with Crippen molar-refractivity contribution in [3.8, 4) is 6.07 Å². The Balaban J connectivity index is 2.85. The van der Waals surface area contributed by atoms with Gasteiger partial charge in [0, 0.05) is 0 Å². The third kappa shape index (κ3) is 2.94. The molecule has 1 rings (SSSR count). The summed E-state index contributed by atoms with van der Waals surface area (Å²) < 4.78 is 23.9. The highest BCUT2D eigenvalue weighted by molar-refractivity contribution is 7.92. The summed E-state index contributed by atoms with van der Waals surface area (Å²) >= 11 is 0. The molecule has 0 aliphatic heterocycles. The van der Waals surface area contributed by atoms with Gasteiger partial charge in [0.05, 0.1) is 23.0 Å². The van der Waals surface area contributed by atoms with Gasteiger partial charge in [-0.1, -0.05) is 13.8 Å². The Morgan fingerprint density at radius 1 is 1.40 bits per heavy atom. The van der Waals surface area contributed by atoms with Crippen LogP contribution in [0.3, 0.4) is 0 Å². The van der Waals surface area contributed by atoms with Crippen LogP contribution in [0.5, 0.6) is 0 Å². The lowest BCUT2D eigenvalue weighted by Gasteiger charge is -2.30. The molecule has 3 atom stereocenters. The maximum absolute atomic E-state index is 11.9. The van der Waals surface area contributed by atoms with Crippen molar-refractivity contribution in [2.45, 2.75) is 44.8 Å². The van der Waals surface area contributed by atoms with Crippen LogP contribution in [0.4, 0.5) is 0 Å². The lowest BCUT2D eigenvalue weighted by molar-refractivity contribution is 0.334. The highest BCUT2D eigenvalue weighted by atomic mass is 32.2. The zero-order chi connectivity index (χ0) is 11.5. The lowest BCUT2D eigenvalue weighted by Crippen LogP contribution is -2.36. The molecule has 1 fully saturated rings. The number of nitrogens with zero attached hydrogens (tertiary/aromatic N) is 1. The number of hydrogen-bond acceptors (Lipinski definition) is 3. The molecule has 0 aromatic heterocycles. The van der Waals surface area contributed by atoms with E-state index in [1.807, 2.05) is 6.92 Å². The van der Waals surface area contributed by atoms with Crippen molar-refractivity contribution >= 4 is 9.84 Å². The van der Waals surface area contributed by atoms with Gasteiger partial charge in [0.1, 0.15) is 0 Å². The number of hydrogen-bond donors (Lipinski definition) is 0. The minimum Gasteiger partial charge on any atom is -0.229 e. The molecule has 0 N–H and O–H groups in total. The molecule has 0 amide bonds. The van der Waals surface area contributed by atoms with Gasteiger partial charge in [0.2, 0.25) is 0 Å². The van der Waals surface area contributed by atoms with Crippen molar-refractivity contribution in [3.63, 3.8) is 0 Å². The first-order chi connectivity index (χ1) is 7.01. The number of nitriles is 1. The van der Waals surface area contributed by atoms with Crippen LogP contribution >= 0.6 is 0 Å². The molecule has 0 heterocycles. The Kier molecular flexibility index (Phi) is 4.15. The first-order valence-electron chi connectivity index (χ1n) is 5.62. The molecule has 0 spiro atoms. The summed E-state index contributed by atoms with van der Waals surface area (Å²) in [4.78, 5) is 0. The van der Waals surface area contributed by atoms with Gasteiger partial charge in [-0.2, -0.15) is 5.26 Å². The lowest BCUT2D eigenvalue weighted by atomic mass is 9.83. The van der Waals surface area contributed by atoms with Crippen LogP contribution in [0, 0.1) is 23.2 Å². The summed E-state index contributed by atoms with van der Waals surface area (Å²) in [5.41, 5.74) is 0. The van der Waals surface area contributed by atoms with Crippen molar-refractivity contribution < 1.29 is 8.42 Å². The zero-order valence-electron chi connectivity index (χ0n) is 9.44. The van der Waals surface area contributed by atoms with Crippen LogP contribution in [0.1, 0.15) is 39.5 Å². The molecule has 0 aromatic rings. The van der Waals surface area contributed by atoms with Crippen LogP contribution in [-0.4, -0.2) is 19.4 Å². The normalized spacial score (nSPS) is 32.2. The van der Waals surface area contributed by atoms with Crippen molar-refractivity contribution in [2.24, 2.45) is 11.8 Å². The van der Waals surface area contributed by atoms with Crippen LogP contribution in [0.15, 0.2) is 0 Å². The van der Waals surface area contributed by atoms with Gasteiger partial charge in [0.15, 0.2) is 9.84 Å². The molecule has 0 aromatic carbocycles. The van der Waals surface area contributed by atoms with E-state index in [1.54, 1.807) is 0 Å². The minimum atomic E-state index is -3.05. The Labute approximate surface area is 92.4 Å². The molecule has 1 aliphatic rings. The maximum atomic E-state index is 11.9.